The van der Waals surface area contributed by atoms with Crippen LogP contribution in [0.1, 0.15) is 0 Å². The number of hydrogen-bond donors (Lipinski definition) is 2. The van der Waals surface area contributed by atoms with Crippen LogP contribution in [0.5, 0.6) is 0 Å². The van der Waals surface area contributed by atoms with Crippen molar-refractivity contribution in [2.45, 2.75) is 0 Å². The van der Waals surface area contributed by atoms with E-state index < -0.39 is 0 Å². The molecular formula is C17H14N6O. The first-order valence-electron chi connectivity index (χ1n) is 7.33. The molecule has 0 saturated carbocycles. The molecule has 118 valence electrons. The van der Waals surface area contributed by atoms with Crippen molar-refractivity contribution in [2.24, 2.45) is 0 Å². The third-order valence-electron chi connectivity index (χ3n) is 3.74. The van der Waals surface area contributed by atoms with Gasteiger partial charge in [-0.3, -0.25) is 0 Å². The molecule has 0 unspecified atom stereocenters. The van der Waals surface area contributed by atoms with Crippen molar-refractivity contribution in [1.82, 2.24) is 19.2 Å². The van der Waals surface area contributed by atoms with E-state index in [-0.39, 0.29) is 11.5 Å². The zero-order chi connectivity index (χ0) is 16.7. The number of nitrogens with zero attached hydrogens (tertiary/aromatic N) is 4. The summed E-state index contributed by atoms with van der Waals surface area (Å²) in [5.41, 5.74) is 14.4. The number of benzene rings is 2. The molecule has 0 spiro atoms. The fourth-order valence-electron chi connectivity index (χ4n) is 2.53. The molecule has 2 aromatic carbocycles. The summed E-state index contributed by atoms with van der Waals surface area (Å²) in [5.74, 6) is 0.197. The van der Waals surface area contributed by atoms with Crippen molar-refractivity contribution in [1.29, 1.82) is 0 Å². The molecule has 2 heterocycles. The summed E-state index contributed by atoms with van der Waals surface area (Å²) in [6.45, 7) is 0. The van der Waals surface area contributed by atoms with E-state index in [1.165, 1.54) is 9.08 Å². The summed E-state index contributed by atoms with van der Waals surface area (Å²) in [5, 5.41) is 4.29. The molecule has 0 aliphatic carbocycles. The number of hydrogen-bond acceptors (Lipinski definition) is 5. The van der Waals surface area contributed by atoms with Crippen molar-refractivity contribution in [3.63, 3.8) is 0 Å². The van der Waals surface area contributed by atoms with Gasteiger partial charge >= 0.3 is 5.69 Å². The van der Waals surface area contributed by atoms with Gasteiger partial charge in [0.2, 0.25) is 5.65 Å². The topological polar surface area (TPSA) is 104 Å². The van der Waals surface area contributed by atoms with Gasteiger partial charge in [-0.15, -0.1) is 5.10 Å². The fraction of sp³-hybridized carbons (Fsp3) is 0. The van der Waals surface area contributed by atoms with Gasteiger partial charge in [0.15, 0.2) is 5.82 Å². The molecule has 0 aliphatic rings. The van der Waals surface area contributed by atoms with E-state index in [2.05, 4.69) is 10.1 Å². The third-order valence-corrected chi connectivity index (χ3v) is 3.74. The van der Waals surface area contributed by atoms with Crippen molar-refractivity contribution < 1.29 is 0 Å². The SMILES string of the molecule is Nc1ccc(-n2nc3c(N)nc(-c4ccccc4)cn3c2=O)cc1. The van der Waals surface area contributed by atoms with E-state index in [9.17, 15) is 4.79 Å². The molecule has 0 fully saturated rings. The maximum absolute atomic E-state index is 12.7. The predicted molar refractivity (Wildman–Crippen MR) is 92.8 cm³/mol. The van der Waals surface area contributed by atoms with Crippen LogP contribution in [0.2, 0.25) is 0 Å². The van der Waals surface area contributed by atoms with Crippen molar-refractivity contribution in [3.8, 4) is 16.9 Å². The van der Waals surface area contributed by atoms with E-state index in [0.29, 0.717) is 22.7 Å². The largest absolute Gasteiger partial charge is 0.399 e. The predicted octanol–water partition coefficient (Wildman–Crippen LogP) is 1.71. The minimum absolute atomic E-state index is 0.197. The third kappa shape index (κ3) is 2.19. The van der Waals surface area contributed by atoms with Gasteiger partial charge in [0, 0.05) is 17.4 Å². The van der Waals surface area contributed by atoms with Crippen molar-refractivity contribution in [3.05, 3.63) is 71.3 Å². The van der Waals surface area contributed by atoms with E-state index in [1.807, 2.05) is 30.3 Å². The molecule has 0 saturated heterocycles. The van der Waals surface area contributed by atoms with Gasteiger partial charge in [0.25, 0.3) is 0 Å². The van der Waals surface area contributed by atoms with Gasteiger partial charge in [0.1, 0.15) is 0 Å². The Balaban J connectivity index is 1.94. The highest BCUT2D eigenvalue weighted by Gasteiger charge is 2.14. The van der Waals surface area contributed by atoms with E-state index >= 15 is 0 Å². The van der Waals surface area contributed by atoms with Crippen LogP contribution in [-0.2, 0) is 0 Å². The van der Waals surface area contributed by atoms with Crippen LogP contribution in [0, 0.1) is 0 Å². The molecule has 0 aliphatic heterocycles. The Hall–Kier alpha value is -3.61. The van der Waals surface area contributed by atoms with Crippen LogP contribution in [0.15, 0.2) is 65.6 Å². The number of anilines is 2. The number of rotatable bonds is 2. The molecule has 0 amide bonds. The molecule has 7 heteroatoms. The van der Waals surface area contributed by atoms with Gasteiger partial charge in [-0.1, -0.05) is 30.3 Å². The van der Waals surface area contributed by atoms with Gasteiger partial charge in [-0.2, -0.15) is 4.68 Å². The highest BCUT2D eigenvalue weighted by Crippen LogP contribution is 2.19. The first-order valence-corrected chi connectivity index (χ1v) is 7.33. The van der Waals surface area contributed by atoms with Gasteiger partial charge in [0.05, 0.1) is 11.4 Å². The van der Waals surface area contributed by atoms with E-state index in [1.54, 1.807) is 30.5 Å². The standard InChI is InChI=1S/C17H14N6O/c18-12-6-8-13(9-7-12)23-17(24)22-10-14(11-4-2-1-3-5-11)20-15(19)16(22)21-23/h1-10H,18H2,(H2,19,20). The van der Waals surface area contributed by atoms with Gasteiger partial charge in [-0.05, 0) is 24.3 Å². The zero-order valence-electron chi connectivity index (χ0n) is 12.6. The summed E-state index contributed by atoms with van der Waals surface area (Å²) in [6, 6.07) is 16.4. The molecule has 4 aromatic rings. The second kappa shape index (κ2) is 5.24. The molecule has 2 aromatic heterocycles. The van der Waals surface area contributed by atoms with Crippen LogP contribution in [0.3, 0.4) is 0 Å². The summed E-state index contributed by atoms with van der Waals surface area (Å²) < 4.78 is 2.68. The Morgan fingerprint density at radius 1 is 0.917 bits per heavy atom. The highest BCUT2D eigenvalue weighted by molar-refractivity contribution is 5.67. The first kappa shape index (κ1) is 14.0. The Labute approximate surface area is 136 Å². The minimum Gasteiger partial charge on any atom is -0.399 e. The quantitative estimate of drug-likeness (QED) is 0.548. The maximum atomic E-state index is 12.7. The lowest BCUT2D eigenvalue weighted by Gasteiger charge is -2.02. The van der Waals surface area contributed by atoms with Crippen molar-refractivity contribution >= 4 is 17.2 Å². The van der Waals surface area contributed by atoms with Crippen LogP contribution in [0.25, 0.3) is 22.6 Å². The Kier molecular flexibility index (Phi) is 3.06. The van der Waals surface area contributed by atoms with E-state index in [0.717, 1.165) is 5.56 Å². The molecular weight excluding hydrogens is 304 g/mol. The molecule has 7 nitrogen and oxygen atoms in total. The maximum Gasteiger partial charge on any atom is 0.355 e. The number of nitrogens with two attached hydrogens (primary N) is 2. The number of fused-ring (bicyclic) bond motifs is 1. The summed E-state index contributed by atoms with van der Waals surface area (Å²) in [4.78, 5) is 17.1. The van der Waals surface area contributed by atoms with Crippen molar-refractivity contribution in [2.75, 3.05) is 11.5 Å². The number of nitrogen functional groups attached to an aromatic ring is 2. The summed E-state index contributed by atoms with van der Waals surface area (Å²) in [6.07, 6.45) is 1.64. The number of aromatic nitrogens is 4. The Morgan fingerprint density at radius 3 is 2.33 bits per heavy atom. The lowest BCUT2D eigenvalue weighted by atomic mass is 10.2. The zero-order valence-corrected chi connectivity index (χ0v) is 12.6. The second-order valence-corrected chi connectivity index (χ2v) is 5.36. The molecule has 24 heavy (non-hydrogen) atoms. The Morgan fingerprint density at radius 2 is 1.62 bits per heavy atom. The normalized spacial score (nSPS) is 11.0. The summed E-state index contributed by atoms with van der Waals surface area (Å²) in [7, 11) is 0. The average Bonchev–Trinajstić information content (AvgIpc) is 2.94. The fourth-order valence-corrected chi connectivity index (χ4v) is 2.53. The molecule has 0 bridgehead atoms. The van der Waals surface area contributed by atoms with Crippen LogP contribution < -0.4 is 17.2 Å². The lowest BCUT2D eigenvalue weighted by Crippen LogP contribution is -2.19. The monoisotopic (exact) mass is 318 g/mol. The lowest BCUT2D eigenvalue weighted by molar-refractivity contribution is 0.839. The van der Waals surface area contributed by atoms with E-state index in [4.69, 9.17) is 11.5 Å². The molecule has 4 rings (SSSR count). The van der Waals surface area contributed by atoms with Crippen LogP contribution in [0.4, 0.5) is 11.5 Å². The highest BCUT2D eigenvalue weighted by atomic mass is 16.2. The minimum atomic E-state index is -0.318. The van der Waals surface area contributed by atoms with Gasteiger partial charge < -0.3 is 11.5 Å². The van der Waals surface area contributed by atoms with Gasteiger partial charge in [-0.25, -0.2) is 14.2 Å². The summed E-state index contributed by atoms with van der Waals surface area (Å²) >= 11 is 0. The first-order chi connectivity index (χ1) is 11.6. The molecule has 0 atom stereocenters. The van der Waals surface area contributed by atoms with Crippen LogP contribution in [-0.4, -0.2) is 19.2 Å². The molecule has 4 N–H and O–H groups in total. The van der Waals surface area contributed by atoms with Crippen LogP contribution >= 0.6 is 0 Å². The average molecular weight is 318 g/mol. The smallest absolute Gasteiger partial charge is 0.355 e. The Bertz CT molecular complexity index is 1080. The second-order valence-electron chi connectivity index (χ2n) is 5.36. The molecule has 0 radical (unpaired) electrons.